The highest BCUT2D eigenvalue weighted by molar-refractivity contribution is 7.01. The molecular weight excluding hydrogens is 713 g/mol. The summed E-state index contributed by atoms with van der Waals surface area (Å²) in [6, 6.07) is 41.0. The zero-order chi connectivity index (χ0) is 40.5. The Labute approximate surface area is 347 Å². The normalized spacial score (nSPS) is 14.9. The second-order valence-electron chi connectivity index (χ2n) is 20.7. The van der Waals surface area contributed by atoms with E-state index in [2.05, 4.69) is 198 Å². The molecular formula is C55H50BN3. The highest BCUT2D eigenvalue weighted by Crippen LogP contribution is 2.44. The summed E-state index contributed by atoms with van der Waals surface area (Å²) in [4.78, 5) is 0. The molecule has 0 fully saturated rings. The maximum absolute atomic E-state index is 3.41. The molecule has 12 rings (SSSR count). The number of nitrogens with one attached hydrogen (secondary N) is 1. The Kier molecular flexibility index (Phi) is 6.75. The van der Waals surface area contributed by atoms with Crippen LogP contribution < -0.4 is 21.7 Å². The van der Waals surface area contributed by atoms with E-state index in [1.807, 2.05) is 0 Å². The van der Waals surface area contributed by atoms with E-state index in [0.29, 0.717) is 0 Å². The van der Waals surface area contributed by atoms with Crippen LogP contribution in [0.2, 0.25) is 0 Å². The number of hydrogen-bond acceptors (Lipinski definition) is 1. The summed E-state index contributed by atoms with van der Waals surface area (Å²) in [5, 5.41) is 14.0. The van der Waals surface area contributed by atoms with Gasteiger partial charge in [0.05, 0.1) is 11.0 Å². The molecule has 0 spiro atoms. The average Bonchev–Trinajstić information content (AvgIpc) is 3.72. The van der Waals surface area contributed by atoms with Gasteiger partial charge in [0.15, 0.2) is 0 Å². The van der Waals surface area contributed by atoms with Crippen molar-refractivity contribution in [1.29, 1.82) is 0 Å². The van der Waals surface area contributed by atoms with Gasteiger partial charge in [0.2, 0.25) is 0 Å². The quantitative estimate of drug-likeness (QED) is 0.131. The molecule has 4 heteroatoms. The molecule has 5 heterocycles. The Morgan fingerprint density at radius 3 is 1.90 bits per heavy atom. The molecule has 0 unspecified atom stereocenters. The molecule has 0 amide bonds. The molecule has 1 N–H and O–H groups in total. The molecule has 0 radical (unpaired) electrons. The second-order valence-corrected chi connectivity index (χ2v) is 20.7. The van der Waals surface area contributed by atoms with Crippen LogP contribution >= 0.6 is 0 Å². The number of benzene rings is 7. The van der Waals surface area contributed by atoms with E-state index in [1.54, 1.807) is 0 Å². The Morgan fingerprint density at radius 2 is 1.17 bits per heavy atom. The minimum atomic E-state index is -0.0429. The summed E-state index contributed by atoms with van der Waals surface area (Å²) in [6.07, 6.45) is 6.69. The van der Waals surface area contributed by atoms with E-state index >= 15 is 0 Å². The van der Waals surface area contributed by atoms with Crippen LogP contribution in [0.4, 0.5) is 0 Å². The highest BCUT2D eigenvalue weighted by atomic mass is 15.0. The number of nitrogens with zero attached hydrogens (tertiary/aromatic N) is 2. The third-order valence-corrected chi connectivity index (χ3v) is 14.0. The number of fused-ring (bicyclic) bond motifs is 14. The molecule has 0 saturated heterocycles. The SMILES string of the molecule is CC(C)(C)c1ccc2c(c1)c1cc(C(C)(C)C)cc3c1n2-c1cc(C2=CCNC=C2)cc2c1B3c1c3ccc4ccccc4c3cc3c4ccc(C(C)(C)C)cc4n-2c13. The number of dihydropyridines is 1. The van der Waals surface area contributed by atoms with Crippen LogP contribution in [-0.2, 0) is 16.2 Å². The Hall–Kier alpha value is -6.00. The van der Waals surface area contributed by atoms with Crippen molar-refractivity contribution in [1.82, 2.24) is 14.5 Å². The van der Waals surface area contributed by atoms with Crippen molar-refractivity contribution in [3.63, 3.8) is 0 Å². The Morgan fingerprint density at radius 1 is 0.508 bits per heavy atom. The first-order valence-electron chi connectivity index (χ1n) is 21.5. The minimum absolute atomic E-state index is 0.00171. The molecule has 3 aliphatic rings. The molecule has 2 aromatic heterocycles. The topological polar surface area (TPSA) is 21.9 Å². The van der Waals surface area contributed by atoms with E-state index in [4.69, 9.17) is 0 Å². The maximum Gasteiger partial charge on any atom is 0.253 e. The van der Waals surface area contributed by atoms with Crippen LogP contribution in [0.3, 0.4) is 0 Å². The fourth-order valence-corrected chi connectivity index (χ4v) is 10.8. The van der Waals surface area contributed by atoms with Gasteiger partial charge in [-0.3, -0.25) is 0 Å². The van der Waals surface area contributed by atoms with Gasteiger partial charge in [-0.05, 0) is 137 Å². The molecule has 0 aliphatic carbocycles. The minimum Gasteiger partial charge on any atom is -0.387 e. The lowest BCUT2D eigenvalue weighted by Crippen LogP contribution is -2.60. The number of rotatable bonds is 1. The van der Waals surface area contributed by atoms with Gasteiger partial charge in [0.25, 0.3) is 6.71 Å². The number of hydrogen-bond donors (Lipinski definition) is 1. The van der Waals surface area contributed by atoms with Crippen molar-refractivity contribution in [3.05, 3.63) is 144 Å². The van der Waals surface area contributed by atoms with E-state index in [-0.39, 0.29) is 23.0 Å². The Balaban J connectivity index is 1.35. The van der Waals surface area contributed by atoms with Gasteiger partial charge in [-0.25, -0.2) is 0 Å². The van der Waals surface area contributed by atoms with Gasteiger partial charge < -0.3 is 14.5 Å². The summed E-state index contributed by atoms with van der Waals surface area (Å²) in [5.41, 5.74) is 18.7. The second kappa shape index (κ2) is 11.4. The lowest BCUT2D eigenvalue weighted by atomic mass is 9.33. The monoisotopic (exact) mass is 763 g/mol. The molecule has 3 nitrogen and oxygen atoms in total. The van der Waals surface area contributed by atoms with Crippen molar-refractivity contribution in [2.75, 3.05) is 6.54 Å². The molecule has 7 aromatic carbocycles. The van der Waals surface area contributed by atoms with Gasteiger partial charge in [-0.2, -0.15) is 0 Å². The van der Waals surface area contributed by atoms with Gasteiger partial charge in [-0.15, -0.1) is 0 Å². The molecule has 0 saturated carbocycles. The predicted octanol–water partition coefficient (Wildman–Crippen LogP) is 11.7. The van der Waals surface area contributed by atoms with Crippen LogP contribution in [0, 0.1) is 0 Å². The molecule has 0 bridgehead atoms. The van der Waals surface area contributed by atoms with Crippen LogP contribution in [0.5, 0.6) is 0 Å². The van der Waals surface area contributed by atoms with E-state index in [1.165, 1.54) is 121 Å². The zero-order valence-corrected chi connectivity index (χ0v) is 35.7. The first kappa shape index (κ1) is 35.0. The highest BCUT2D eigenvalue weighted by Gasteiger charge is 2.43. The van der Waals surface area contributed by atoms with Gasteiger partial charge in [-0.1, -0.05) is 129 Å². The standard InChI is InChI=1S/C55H50BN3/c1-53(2,3)34-16-19-45-41(26-34)42-27-36(55(7,8)9)28-44-51(42)58(45)47-24-33(31-20-22-57-23-21-31)25-48-50(47)56(44)49-39-17-14-32-12-10-11-13-37(32)40(39)30-43-38-18-15-35(54(4,5)6)29-46(38)59(48)52(43)49/h10-22,24-30,57H,23H2,1-9H3. The third kappa shape index (κ3) is 4.72. The zero-order valence-electron chi connectivity index (χ0n) is 35.7. The van der Waals surface area contributed by atoms with Crippen LogP contribution in [-0.4, -0.2) is 22.4 Å². The predicted molar refractivity (Wildman–Crippen MR) is 256 cm³/mol. The Bertz CT molecular complexity index is 3440. The molecule has 9 aromatic rings. The van der Waals surface area contributed by atoms with Crippen LogP contribution in [0.1, 0.15) is 84.6 Å². The lowest BCUT2D eigenvalue weighted by molar-refractivity contribution is 0.590. The fraction of sp³-hybridized carbons (Fsp3) is 0.236. The molecule has 0 atom stereocenters. The summed E-state index contributed by atoms with van der Waals surface area (Å²) in [5.74, 6) is 0. The smallest absolute Gasteiger partial charge is 0.253 e. The fourth-order valence-electron chi connectivity index (χ4n) is 10.8. The largest absolute Gasteiger partial charge is 0.387 e. The van der Waals surface area contributed by atoms with Gasteiger partial charge in [0.1, 0.15) is 0 Å². The van der Waals surface area contributed by atoms with Crippen molar-refractivity contribution >= 4 is 93.8 Å². The van der Waals surface area contributed by atoms with Crippen molar-refractivity contribution in [3.8, 4) is 11.4 Å². The maximum atomic E-state index is 3.41. The molecule has 3 aliphatic heterocycles. The number of aromatic nitrogens is 2. The summed E-state index contributed by atoms with van der Waals surface area (Å²) >= 11 is 0. The van der Waals surface area contributed by atoms with Crippen LogP contribution in [0.25, 0.3) is 82.1 Å². The van der Waals surface area contributed by atoms with E-state index in [0.717, 1.165) is 6.54 Å². The number of allylic oxidation sites excluding steroid dienone is 2. The average molecular weight is 764 g/mol. The van der Waals surface area contributed by atoms with E-state index in [9.17, 15) is 0 Å². The van der Waals surface area contributed by atoms with Crippen molar-refractivity contribution < 1.29 is 0 Å². The lowest BCUT2D eigenvalue weighted by Gasteiger charge is -2.36. The first-order valence-corrected chi connectivity index (χ1v) is 21.5. The third-order valence-electron chi connectivity index (χ3n) is 14.0. The van der Waals surface area contributed by atoms with Gasteiger partial charge in [0, 0.05) is 50.5 Å². The van der Waals surface area contributed by atoms with Crippen molar-refractivity contribution in [2.45, 2.75) is 78.6 Å². The summed E-state index contributed by atoms with van der Waals surface area (Å²) in [6.45, 7) is 22.0. The molecule has 59 heavy (non-hydrogen) atoms. The van der Waals surface area contributed by atoms with E-state index < -0.39 is 0 Å². The molecule has 288 valence electrons. The van der Waals surface area contributed by atoms with Crippen LogP contribution in [0.15, 0.2) is 121 Å². The first-order chi connectivity index (χ1) is 28.2. The van der Waals surface area contributed by atoms with Crippen molar-refractivity contribution in [2.24, 2.45) is 0 Å². The van der Waals surface area contributed by atoms with Gasteiger partial charge >= 0.3 is 0 Å². The summed E-state index contributed by atoms with van der Waals surface area (Å²) < 4.78 is 5.32. The summed E-state index contributed by atoms with van der Waals surface area (Å²) in [7, 11) is 0.